The molecule has 1 aliphatic heterocycles. The van der Waals surface area contributed by atoms with E-state index < -0.39 is 0 Å². The van der Waals surface area contributed by atoms with Crippen LogP contribution in [0.25, 0.3) is 0 Å². The van der Waals surface area contributed by atoms with Gasteiger partial charge in [0.1, 0.15) is 0 Å². The topological polar surface area (TPSA) is 24.4 Å². The van der Waals surface area contributed by atoms with Crippen molar-refractivity contribution < 1.29 is 0 Å². The van der Waals surface area contributed by atoms with Crippen molar-refractivity contribution in [2.75, 3.05) is 13.1 Å². The third-order valence-electron chi connectivity index (χ3n) is 0.568. The lowest BCUT2D eigenvalue weighted by molar-refractivity contribution is 0.965. The minimum absolute atomic E-state index is 0. The van der Waals surface area contributed by atoms with E-state index >= 15 is 0 Å². The van der Waals surface area contributed by atoms with E-state index in [0.29, 0.717) is 0 Å². The summed E-state index contributed by atoms with van der Waals surface area (Å²) in [5.74, 6) is 0. The van der Waals surface area contributed by atoms with Gasteiger partial charge in [-0.05, 0) is 0 Å². The number of nitrogens with zero attached hydrogens (tertiary/aromatic N) is 1. The van der Waals surface area contributed by atoms with Crippen LogP contribution in [-0.4, -0.2) is 42.5 Å². The van der Waals surface area contributed by atoms with Gasteiger partial charge in [-0.3, -0.25) is 4.99 Å². The van der Waals surface area contributed by atoms with Crippen LogP contribution in [0.15, 0.2) is 4.99 Å². The number of rotatable bonds is 0. The van der Waals surface area contributed by atoms with Gasteiger partial charge in [0.2, 0.25) is 0 Å². The Bertz CT molecular complexity index is 46.8. The van der Waals surface area contributed by atoms with Gasteiger partial charge in [0.15, 0.2) is 0 Å². The Kier molecular flexibility index (Phi) is 3.56. The maximum Gasteiger partial charge on any atom is 0.316 e. The molecule has 6 heavy (non-hydrogen) atoms. The van der Waals surface area contributed by atoms with E-state index in [1.807, 2.05) is 0 Å². The van der Waals surface area contributed by atoms with E-state index in [9.17, 15) is 0 Å². The Morgan fingerprint density at radius 3 is 2.67 bits per heavy atom. The Morgan fingerprint density at radius 1 is 1.67 bits per heavy atom. The molecule has 0 aliphatic carbocycles. The highest BCUT2D eigenvalue weighted by molar-refractivity contribution is 5.75. The van der Waals surface area contributed by atoms with E-state index in [2.05, 4.69) is 10.3 Å². The smallest absolute Gasteiger partial charge is 0.316 e. The van der Waals surface area contributed by atoms with Gasteiger partial charge in [0.25, 0.3) is 0 Å². The lowest BCUT2D eigenvalue weighted by atomic mass is 10.7. The fourth-order valence-electron chi connectivity index (χ4n) is 0.323. The van der Waals surface area contributed by atoms with Gasteiger partial charge >= 0.3 is 23.1 Å². The van der Waals surface area contributed by atoms with Crippen LogP contribution in [0.3, 0.4) is 0 Å². The van der Waals surface area contributed by atoms with Gasteiger partial charge < -0.3 is 5.32 Å². The molecule has 0 aromatic carbocycles. The highest BCUT2D eigenvalue weighted by Crippen LogP contribution is 1.68. The normalized spacial score (nSPS) is 16.0. The van der Waals surface area contributed by atoms with Crippen LogP contribution in [0.1, 0.15) is 0 Å². The molecule has 0 atom stereocenters. The third kappa shape index (κ3) is 1.62. The molecule has 1 N–H and O–H groups in total. The zero-order chi connectivity index (χ0) is 3.54. The first-order chi connectivity index (χ1) is 2.50. The average molecular weight is 96.4 g/mol. The van der Waals surface area contributed by atoms with Crippen molar-refractivity contribution in [3.05, 3.63) is 0 Å². The molecule has 0 aromatic heterocycles. The minimum Gasteiger partial charge on any atom is -0.375 e. The van der Waals surface area contributed by atoms with Crippen molar-refractivity contribution in [1.29, 1.82) is 0 Å². The molecule has 1 rings (SSSR count). The Balaban J connectivity index is 0.000000250. The molecule has 32 valence electrons. The molecule has 0 fully saturated rings. The molecule has 0 radical (unpaired) electrons. The third-order valence-corrected chi connectivity index (χ3v) is 0.568. The van der Waals surface area contributed by atoms with Gasteiger partial charge in [-0.2, -0.15) is 0 Å². The van der Waals surface area contributed by atoms with Crippen LogP contribution in [0.5, 0.6) is 0 Å². The Labute approximate surface area is 53.2 Å². The van der Waals surface area contributed by atoms with Crippen molar-refractivity contribution >= 4 is 29.4 Å². The molecule has 0 aromatic rings. The van der Waals surface area contributed by atoms with Crippen LogP contribution in [0, 0.1) is 0 Å². The maximum absolute atomic E-state index is 3.85. The van der Waals surface area contributed by atoms with E-state index in [1.54, 1.807) is 6.34 Å². The van der Waals surface area contributed by atoms with E-state index in [1.165, 1.54) is 0 Å². The summed E-state index contributed by atoms with van der Waals surface area (Å²) in [7, 11) is 0. The predicted molar refractivity (Wildman–Crippen MR) is 29.9 cm³/mol. The molecule has 2 nitrogen and oxygen atoms in total. The lowest BCUT2D eigenvalue weighted by Crippen LogP contribution is -2.04. The zero-order valence-electron chi connectivity index (χ0n) is 2.94. The van der Waals surface area contributed by atoms with Gasteiger partial charge in [-0.1, -0.05) is 0 Å². The molecule has 1 aliphatic rings. The number of hydrogen-bond acceptors (Lipinski definition) is 2. The summed E-state index contributed by atoms with van der Waals surface area (Å²) in [4.78, 5) is 3.85. The second-order valence-electron chi connectivity index (χ2n) is 0.989. The first-order valence-corrected chi connectivity index (χ1v) is 1.72. The van der Waals surface area contributed by atoms with Crippen LogP contribution < -0.4 is 5.32 Å². The summed E-state index contributed by atoms with van der Waals surface area (Å²) in [6, 6.07) is 0. The van der Waals surface area contributed by atoms with E-state index in [4.69, 9.17) is 0 Å². The largest absolute Gasteiger partial charge is 0.375 e. The van der Waals surface area contributed by atoms with E-state index in [0.717, 1.165) is 13.1 Å². The average Bonchev–Trinajstić information content (AvgIpc) is 1.76. The molecule has 3 heteroatoms. The predicted octanol–water partition coefficient (Wildman–Crippen LogP) is -1.30. The fraction of sp³-hybridized carbons (Fsp3) is 0.667. The van der Waals surface area contributed by atoms with Gasteiger partial charge in [-0.25, -0.2) is 0 Å². The quantitative estimate of drug-likeness (QED) is 0.373. The highest BCUT2D eigenvalue weighted by Gasteiger charge is 1.82. The standard InChI is InChI=1S/C3H6N2.Mg.2H/c1-2-5-3-4-1;;;/h3H,1-2H2,(H,4,5);;;. The van der Waals surface area contributed by atoms with Crippen LogP contribution >= 0.6 is 0 Å². The minimum atomic E-state index is 0. The second kappa shape index (κ2) is 3.43. The lowest BCUT2D eigenvalue weighted by Gasteiger charge is -1.75. The molecule has 0 saturated carbocycles. The van der Waals surface area contributed by atoms with Crippen LogP contribution in [-0.2, 0) is 0 Å². The monoisotopic (exact) mass is 96.1 g/mol. The van der Waals surface area contributed by atoms with Crippen LogP contribution in [0.2, 0.25) is 0 Å². The molecule has 0 saturated heterocycles. The second-order valence-corrected chi connectivity index (χ2v) is 0.989. The summed E-state index contributed by atoms with van der Waals surface area (Å²) in [6.45, 7) is 1.99. The Hall–Kier alpha value is 0.236. The summed E-state index contributed by atoms with van der Waals surface area (Å²) in [5, 5.41) is 2.93. The van der Waals surface area contributed by atoms with Crippen molar-refractivity contribution in [1.82, 2.24) is 5.32 Å². The van der Waals surface area contributed by atoms with Crippen molar-refractivity contribution in [3.8, 4) is 0 Å². The van der Waals surface area contributed by atoms with Crippen molar-refractivity contribution in [3.63, 3.8) is 0 Å². The first-order valence-electron chi connectivity index (χ1n) is 1.72. The molecule has 0 unspecified atom stereocenters. The molecule has 0 spiro atoms. The molecular formula is C3H8MgN2. The summed E-state index contributed by atoms with van der Waals surface area (Å²) in [5.41, 5.74) is 0. The van der Waals surface area contributed by atoms with Crippen LogP contribution in [0.4, 0.5) is 0 Å². The van der Waals surface area contributed by atoms with Gasteiger partial charge in [0.05, 0.1) is 12.9 Å². The highest BCUT2D eigenvalue weighted by atomic mass is 24.3. The maximum atomic E-state index is 3.85. The first kappa shape index (κ1) is 6.24. The summed E-state index contributed by atoms with van der Waals surface area (Å²) < 4.78 is 0. The molecular weight excluding hydrogens is 88.4 g/mol. The molecule has 0 amide bonds. The van der Waals surface area contributed by atoms with E-state index in [-0.39, 0.29) is 23.1 Å². The summed E-state index contributed by atoms with van der Waals surface area (Å²) >= 11 is 0. The molecule has 0 bridgehead atoms. The van der Waals surface area contributed by atoms with Gasteiger partial charge in [-0.15, -0.1) is 0 Å². The SMILES string of the molecule is C1=NCCN1.[MgH2]. The van der Waals surface area contributed by atoms with Gasteiger partial charge in [0, 0.05) is 6.54 Å². The number of hydrogen-bond donors (Lipinski definition) is 1. The zero-order valence-corrected chi connectivity index (χ0v) is 2.94. The van der Waals surface area contributed by atoms with Crippen molar-refractivity contribution in [2.45, 2.75) is 0 Å². The fourth-order valence-corrected chi connectivity index (χ4v) is 0.323. The molecule has 1 heterocycles. The number of nitrogens with one attached hydrogen (secondary N) is 1. The Morgan fingerprint density at radius 2 is 2.50 bits per heavy atom. The summed E-state index contributed by atoms with van der Waals surface area (Å²) in [6.07, 6.45) is 1.74. The number of aliphatic imine (C=N–C) groups is 1. The van der Waals surface area contributed by atoms with Crippen molar-refractivity contribution in [2.24, 2.45) is 4.99 Å².